The Kier molecular flexibility index (Phi) is 6.34. The first-order chi connectivity index (χ1) is 14.9. The fourth-order valence-electron chi connectivity index (χ4n) is 3.16. The van der Waals surface area contributed by atoms with Crippen LogP contribution in [0.2, 0.25) is 5.02 Å². The molecule has 6 nitrogen and oxygen atoms in total. The molecule has 1 saturated carbocycles. The fraction of sp³-hybridized carbons (Fsp3) is 0.261. The third-order valence-electron chi connectivity index (χ3n) is 4.96. The number of para-hydroxylation sites is 1. The van der Waals surface area contributed by atoms with Crippen molar-refractivity contribution in [2.24, 2.45) is 0 Å². The Balaban J connectivity index is 1.50. The monoisotopic (exact) mass is 455 g/mol. The summed E-state index contributed by atoms with van der Waals surface area (Å²) in [5.74, 6) is 0.328. The van der Waals surface area contributed by atoms with Crippen LogP contribution in [0, 0.1) is 6.92 Å². The van der Waals surface area contributed by atoms with E-state index in [0.29, 0.717) is 27.0 Å². The average Bonchev–Trinajstić information content (AvgIpc) is 3.58. The first-order valence-corrected chi connectivity index (χ1v) is 11.3. The average molecular weight is 456 g/mol. The summed E-state index contributed by atoms with van der Waals surface area (Å²) in [6.45, 7) is 1.86. The van der Waals surface area contributed by atoms with E-state index in [2.05, 4.69) is 15.6 Å². The second kappa shape index (κ2) is 9.16. The summed E-state index contributed by atoms with van der Waals surface area (Å²) in [5, 5.41) is 7.88. The molecule has 0 radical (unpaired) electrons. The number of methoxy groups -OCH3 is 1. The molecule has 0 atom stereocenters. The minimum Gasteiger partial charge on any atom is -0.495 e. The van der Waals surface area contributed by atoms with Gasteiger partial charge in [-0.05, 0) is 43.5 Å². The van der Waals surface area contributed by atoms with Crippen molar-refractivity contribution in [3.05, 3.63) is 58.6 Å². The summed E-state index contributed by atoms with van der Waals surface area (Å²) in [5.41, 5.74) is 2.71. The molecular weight excluding hydrogens is 434 g/mol. The molecule has 3 aromatic rings. The smallest absolute Gasteiger partial charge is 0.252 e. The fourth-order valence-corrected chi connectivity index (χ4v) is 4.03. The molecule has 1 fully saturated rings. The number of aryl methyl sites for hydroxylation is 1. The van der Waals surface area contributed by atoms with Gasteiger partial charge < -0.3 is 15.4 Å². The number of anilines is 1. The van der Waals surface area contributed by atoms with Gasteiger partial charge in [0.05, 0.1) is 34.7 Å². The zero-order chi connectivity index (χ0) is 22.0. The predicted octanol–water partition coefficient (Wildman–Crippen LogP) is 4.83. The van der Waals surface area contributed by atoms with Crippen molar-refractivity contribution in [2.45, 2.75) is 30.8 Å². The second-order valence-electron chi connectivity index (χ2n) is 7.41. The molecule has 31 heavy (non-hydrogen) atoms. The van der Waals surface area contributed by atoms with E-state index in [9.17, 15) is 9.59 Å². The van der Waals surface area contributed by atoms with Crippen LogP contribution in [0.1, 0.15) is 28.8 Å². The number of nitrogens with zero attached hydrogens (tertiary/aromatic N) is 1. The van der Waals surface area contributed by atoms with Gasteiger partial charge >= 0.3 is 0 Å². The van der Waals surface area contributed by atoms with E-state index in [1.807, 2.05) is 31.2 Å². The molecule has 2 amide bonds. The Hall–Kier alpha value is -2.77. The maximum absolute atomic E-state index is 12.7. The van der Waals surface area contributed by atoms with Crippen LogP contribution in [0.3, 0.4) is 0 Å². The van der Waals surface area contributed by atoms with Gasteiger partial charge in [-0.15, -0.1) is 0 Å². The minimum atomic E-state index is -0.205. The number of carbonyl (C=O) groups is 2. The Morgan fingerprint density at radius 2 is 2.00 bits per heavy atom. The molecule has 0 spiro atoms. The van der Waals surface area contributed by atoms with Gasteiger partial charge in [-0.2, -0.15) is 0 Å². The molecule has 1 aliphatic rings. The molecule has 0 saturated heterocycles. The number of amides is 2. The van der Waals surface area contributed by atoms with Crippen LogP contribution in [0.5, 0.6) is 5.75 Å². The van der Waals surface area contributed by atoms with Crippen LogP contribution < -0.4 is 15.4 Å². The zero-order valence-electron chi connectivity index (χ0n) is 17.2. The van der Waals surface area contributed by atoms with E-state index in [0.717, 1.165) is 29.3 Å². The summed E-state index contributed by atoms with van der Waals surface area (Å²) in [4.78, 5) is 29.9. The molecular formula is C23H22ClN3O3S. The highest BCUT2D eigenvalue weighted by atomic mass is 35.5. The Morgan fingerprint density at radius 3 is 2.74 bits per heavy atom. The molecule has 2 N–H and O–H groups in total. The number of carbonyl (C=O) groups excluding carboxylic acids is 2. The quantitative estimate of drug-likeness (QED) is 0.499. The number of nitrogens with one attached hydrogen (secondary N) is 2. The van der Waals surface area contributed by atoms with Gasteiger partial charge in [0.1, 0.15) is 5.75 Å². The molecule has 2 aromatic carbocycles. The van der Waals surface area contributed by atoms with E-state index < -0.39 is 0 Å². The number of rotatable bonds is 7. The Labute approximate surface area is 189 Å². The van der Waals surface area contributed by atoms with Gasteiger partial charge in [0.15, 0.2) is 0 Å². The lowest BCUT2D eigenvalue weighted by molar-refractivity contribution is -0.113. The highest BCUT2D eigenvalue weighted by Gasteiger charge is 2.25. The van der Waals surface area contributed by atoms with E-state index >= 15 is 0 Å². The third-order valence-corrected chi connectivity index (χ3v) is 6.27. The maximum atomic E-state index is 12.7. The number of hydrogen-bond acceptors (Lipinski definition) is 5. The highest BCUT2D eigenvalue weighted by molar-refractivity contribution is 7.99. The van der Waals surface area contributed by atoms with Gasteiger partial charge in [-0.3, -0.25) is 9.59 Å². The van der Waals surface area contributed by atoms with E-state index in [1.54, 1.807) is 18.2 Å². The van der Waals surface area contributed by atoms with Crippen molar-refractivity contribution in [2.75, 3.05) is 18.2 Å². The van der Waals surface area contributed by atoms with Crippen LogP contribution in [0.4, 0.5) is 5.69 Å². The molecule has 1 heterocycles. The number of ether oxygens (including phenoxy) is 1. The van der Waals surface area contributed by atoms with Crippen molar-refractivity contribution in [1.29, 1.82) is 0 Å². The summed E-state index contributed by atoms with van der Waals surface area (Å²) in [7, 11) is 1.53. The SMILES string of the molecule is COc1cc(Cl)c(C)cc1NC(=O)CSc1cc(C(=O)NC2CC2)c2ccccc2n1. The van der Waals surface area contributed by atoms with Crippen LogP contribution in [0.15, 0.2) is 47.5 Å². The van der Waals surface area contributed by atoms with Gasteiger partial charge in [0, 0.05) is 22.5 Å². The topological polar surface area (TPSA) is 80.3 Å². The normalized spacial score (nSPS) is 13.1. The standard InChI is InChI=1S/C23H22ClN3O3S/c1-13-9-19(20(30-2)11-17(13)24)26-21(28)12-31-22-10-16(23(29)25-14-7-8-14)15-5-3-4-6-18(15)27-22/h3-6,9-11,14H,7-8,12H2,1-2H3,(H,25,29)(H,26,28). The number of halogens is 1. The lowest BCUT2D eigenvalue weighted by Crippen LogP contribution is -2.25. The number of thioether (sulfide) groups is 1. The first-order valence-electron chi connectivity index (χ1n) is 9.92. The van der Waals surface area contributed by atoms with Crippen molar-refractivity contribution >= 4 is 51.8 Å². The van der Waals surface area contributed by atoms with Gasteiger partial charge in [-0.1, -0.05) is 41.6 Å². The Morgan fingerprint density at radius 1 is 1.23 bits per heavy atom. The predicted molar refractivity (Wildman–Crippen MR) is 124 cm³/mol. The van der Waals surface area contributed by atoms with Crippen molar-refractivity contribution in [1.82, 2.24) is 10.3 Å². The summed E-state index contributed by atoms with van der Waals surface area (Å²) in [6, 6.07) is 13.0. The minimum absolute atomic E-state index is 0.103. The molecule has 160 valence electrons. The second-order valence-corrected chi connectivity index (χ2v) is 8.81. The molecule has 1 aliphatic carbocycles. The largest absolute Gasteiger partial charge is 0.495 e. The molecule has 4 rings (SSSR count). The number of benzene rings is 2. The number of fused-ring (bicyclic) bond motifs is 1. The van der Waals surface area contributed by atoms with E-state index in [-0.39, 0.29) is 23.6 Å². The highest BCUT2D eigenvalue weighted by Crippen LogP contribution is 2.31. The van der Waals surface area contributed by atoms with E-state index in [1.165, 1.54) is 18.9 Å². The number of hydrogen-bond donors (Lipinski definition) is 2. The first kappa shape index (κ1) is 21.5. The molecule has 0 aliphatic heterocycles. The molecule has 0 bridgehead atoms. The van der Waals surface area contributed by atoms with Crippen LogP contribution in [-0.2, 0) is 4.79 Å². The van der Waals surface area contributed by atoms with Crippen molar-refractivity contribution < 1.29 is 14.3 Å². The third kappa shape index (κ3) is 5.11. The molecule has 1 aromatic heterocycles. The van der Waals surface area contributed by atoms with Crippen LogP contribution in [-0.4, -0.2) is 35.7 Å². The number of aromatic nitrogens is 1. The zero-order valence-corrected chi connectivity index (χ0v) is 18.8. The van der Waals surface area contributed by atoms with Gasteiger partial charge in [0.25, 0.3) is 5.91 Å². The van der Waals surface area contributed by atoms with Crippen LogP contribution >= 0.6 is 23.4 Å². The summed E-state index contributed by atoms with van der Waals surface area (Å²) < 4.78 is 5.31. The molecule has 0 unspecified atom stereocenters. The lowest BCUT2D eigenvalue weighted by Gasteiger charge is -2.12. The maximum Gasteiger partial charge on any atom is 0.252 e. The van der Waals surface area contributed by atoms with Gasteiger partial charge in [0.2, 0.25) is 5.91 Å². The van der Waals surface area contributed by atoms with Crippen molar-refractivity contribution in [3.63, 3.8) is 0 Å². The summed E-state index contributed by atoms with van der Waals surface area (Å²) in [6.07, 6.45) is 2.04. The van der Waals surface area contributed by atoms with Crippen LogP contribution in [0.25, 0.3) is 10.9 Å². The summed E-state index contributed by atoms with van der Waals surface area (Å²) >= 11 is 7.41. The van der Waals surface area contributed by atoms with Gasteiger partial charge in [-0.25, -0.2) is 4.98 Å². The lowest BCUT2D eigenvalue weighted by atomic mass is 10.1. The van der Waals surface area contributed by atoms with Crippen molar-refractivity contribution in [3.8, 4) is 5.75 Å². The molecule has 8 heteroatoms. The Bertz CT molecular complexity index is 1160. The van der Waals surface area contributed by atoms with E-state index in [4.69, 9.17) is 16.3 Å². The number of pyridine rings is 1.